The van der Waals surface area contributed by atoms with Crippen molar-refractivity contribution in [3.63, 3.8) is 0 Å². The number of hydrogen-bond acceptors (Lipinski definition) is 6. The summed E-state index contributed by atoms with van der Waals surface area (Å²) < 4.78 is 11.1. The molecule has 7 nitrogen and oxygen atoms in total. The number of furan rings is 1. The maximum absolute atomic E-state index is 13.0. The fraction of sp³-hybridized carbons (Fsp3) is 0.217. The van der Waals surface area contributed by atoms with E-state index in [-0.39, 0.29) is 0 Å². The minimum Gasteiger partial charge on any atom is -0.440 e. The molecule has 2 heterocycles. The van der Waals surface area contributed by atoms with E-state index in [2.05, 4.69) is 15.4 Å². The number of amides is 1. The minimum absolute atomic E-state index is 0.455. The van der Waals surface area contributed by atoms with Gasteiger partial charge in [0.25, 0.3) is 5.91 Å². The van der Waals surface area contributed by atoms with Crippen LogP contribution in [-0.4, -0.2) is 43.5 Å². The first-order chi connectivity index (χ1) is 14.7. The Balaban J connectivity index is 1.50. The predicted octanol–water partition coefficient (Wildman–Crippen LogP) is 2.50. The standard InChI is InChI=1S/C23H23N3O4/c27-22(23(28,18-7-3-1-4-8-18)19-9-5-2-6-10-19)25-24-17-20-11-12-21(30-20)26-13-15-29-16-14-26/h1-12,17,28H,13-16H2,(H,25,27)/b24-17+. The first-order valence-electron chi connectivity index (χ1n) is 9.77. The summed E-state index contributed by atoms with van der Waals surface area (Å²) >= 11 is 0. The number of aliphatic hydroxyl groups is 1. The number of nitrogens with zero attached hydrogens (tertiary/aromatic N) is 2. The monoisotopic (exact) mass is 405 g/mol. The molecule has 1 fully saturated rings. The molecular weight excluding hydrogens is 382 g/mol. The third-order valence-electron chi connectivity index (χ3n) is 5.00. The molecule has 1 aromatic heterocycles. The van der Waals surface area contributed by atoms with E-state index >= 15 is 0 Å². The molecule has 1 aliphatic heterocycles. The SMILES string of the molecule is O=C(N/N=C/c1ccc(N2CCOCC2)o1)C(O)(c1ccccc1)c1ccccc1. The van der Waals surface area contributed by atoms with Crippen molar-refractivity contribution in [2.75, 3.05) is 31.2 Å². The summed E-state index contributed by atoms with van der Waals surface area (Å²) in [5.41, 5.74) is 1.48. The van der Waals surface area contributed by atoms with Crippen LogP contribution < -0.4 is 10.3 Å². The maximum atomic E-state index is 13.0. The fourth-order valence-electron chi connectivity index (χ4n) is 3.39. The lowest BCUT2D eigenvalue weighted by Crippen LogP contribution is -2.43. The van der Waals surface area contributed by atoms with Crippen LogP contribution in [0.15, 0.2) is 82.3 Å². The smallest absolute Gasteiger partial charge is 0.281 e. The first-order valence-corrected chi connectivity index (χ1v) is 9.77. The molecule has 154 valence electrons. The summed E-state index contributed by atoms with van der Waals surface area (Å²) in [6, 6.07) is 21.2. The van der Waals surface area contributed by atoms with Gasteiger partial charge in [-0.3, -0.25) is 4.79 Å². The Bertz CT molecular complexity index is 956. The number of benzene rings is 2. The third kappa shape index (κ3) is 4.12. The average molecular weight is 405 g/mol. The summed E-state index contributed by atoms with van der Waals surface area (Å²) in [5.74, 6) is 0.576. The molecule has 0 atom stereocenters. The van der Waals surface area contributed by atoms with Crippen LogP contribution in [0.3, 0.4) is 0 Å². The highest BCUT2D eigenvalue weighted by molar-refractivity contribution is 5.90. The zero-order valence-electron chi connectivity index (χ0n) is 16.4. The van der Waals surface area contributed by atoms with Gasteiger partial charge in [-0.1, -0.05) is 60.7 Å². The van der Waals surface area contributed by atoms with Crippen molar-refractivity contribution in [2.45, 2.75) is 5.60 Å². The Hall–Kier alpha value is -3.42. The summed E-state index contributed by atoms with van der Waals surface area (Å²) in [5, 5.41) is 15.4. The van der Waals surface area contributed by atoms with E-state index in [4.69, 9.17) is 9.15 Å². The molecule has 0 saturated carbocycles. The molecule has 0 radical (unpaired) electrons. The predicted molar refractivity (Wildman–Crippen MR) is 113 cm³/mol. The van der Waals surface area contributed by atoms with Crippen molar-refractivity contribution in [3.8, 4) is 0 Å². The summed E-state index contributed by atoms with van der Waals surface area (Å²) in [4.78, 5) is 15.1. The Labute approximate surface area is 174 Å². The lowest BCUT2D eigenvalue weighted by molar-refractivity contribution is -0.136. The van der Waals surface area contributed by atoms with E-state index in [1.165, 1.54) is 6.21 Å². The number of anilines is 1. The first kappa shape index (κ1) is 19.9. The van der Waals surface area contributed by atoms with Gasteiger partial charge in [-0.05, 0) is 17.2 Å². The molecule has 2 N–H and O–H groups in total. The summed E-state index contributed by atoms with van der Waals surface area (Å²) in [7, 11) is 0. The van der Waals surface area contributed by atoms with E-state index in [1.54, 1.807) is 54.6 Å². The number of hydrazone groups is 1. The minimum atomic E-state index is -1.87. The number of morpholine rings is 1. The largest absolute Gasteiger partial charge is 0.440 e. The molecule has 4 rings (SSSR count). The van der Waals surface area contributed by atoms with Gasteiger partial charge in [-0.15, -0.1) is 0 Å². The number of carbonyl (C=O) groups is 1. The number of nitrogens with one attached hydrogen (secondary N) is 1. The molecule has 1 saturated heterocycles. The van der Waals surface area contributed by atoms with Gasteiger partial charge in [0.15, 0.2) is 11.5 Å². The summed E-state index contributed by atoms with van der Waals surface area (Å²) in [6.45, 7) is 2.86. The average Bonchev–Trinajstić information content (AvgIpc) is 3.29. The van der Waals surface area contributed by atoms with Crippen molar-refractivity contribution in [2.24, 2.45) is 5.10 Å². The maximum Gasteiger partial charge on any atom is 0.281 e. The molecule has 2 aromatic carbocycles. The van der Waals surface area contributed by atoms with E-state index in [0.717, 1.165) is 19.0 Å². The molecule has 1 amide bonds. The van der Waals surface area contributed by atoms with Crippen LogP contribution in [-0.2, 0) is 15.1 Å². The van der Waals surface area contributed by atoms with Gasteiger partial charge in [-0.2, -0.15) is 5.10 Å². The van der Waals surface area contributed by atoms with E-state index in [9.17, 15) is 9.90 Å². The number of ether oxygens (including phenoxy) is 1. The number of carbonyl (C=O) groups excluding carboxylic acids is 1. The van der Waals surface area contributed by atoms with Crippen molar-refractivity contribution in [3.05, 3.63) is 89.7 Å². The van der Waals surface area contributed by atoms with Gasteiger partial charge in [0.1, 0.15) is 5.76 Å². The number of rotatable bonds is 6. The quantitative estimate of drug-likeness (QED) is 0.486. The molecule has 0 spiro atoms. The molecule has 7 heteroatoms. The second-order valence-electron chi connectivity index (χ2n) is 6.92. The van der Waals surface area contributed by atoms with Gasteiger partial charge in [0.05, 0.1) is 19.4 Å². The van der Waals surface area contributed by atoms with Crippen molar-refractivity contribution < 1.29 is 19.1 Å². The normalized spacial score (nSPS) is 14.8. The number of hydrogen-bond donors (Lipinski definition) is 2. The van der Waals surface area contributed by atoms with Crippen LogP contribution in [0.5, 0.6) is 0 Å². The molecular formula is C23H23N3O4. The van der Waals surface area contributed by atoms with Crippen molar-refractivity contribution in [1.82, 2.24) is 5.43 Å². The van der Waals surface area contributed by atoms with Crippen LogP contribution in [0.1, 0.15) is 16.9 Å². The Morgan fingerprint density at radius 2 is 1.57 bits per heavy atom. The Morgan fingerprint density at radius 1 is 0.967 bits per heavy atom. The van der Waals surface area contributed by atoms with Crippen LogP contribution in [0.4, 0.5) is 5.88 Å². The highest BCUT2D eigenvalue weighted by atomic mass is 16.5. The van der Waals surface area contributed by atoms with Gasteiger partial charge >= 0.3 is 0 Å². The second kappa shape index (κ2) is 8.94. The van der Waals surface area contributed by atoms with E-state index in [1.807, 2.05) is 18.2 Å². The highest BCUT2D eigenvalue weighted by Crippen LogP contribution is 2.29. The van der Waals surface area contributed by atoms with Crippen LogP contribution >= 0.6 is 0 Å². The van der Waals surface area contributed by atoms with Crippen LogP contribution in [0, 0.1) is 0 Å². The third-order valence-corrected chi connectivity index (χ3v) is 5.00. The van der Waals surface area contributed by atoms with Gasteiger partial charge in [0, 0.05) is 19.2 Å². The van der Waals surface area contributed by atoms with Crippen LogP contribution in [0.25, 0.3) is 0 Å². The zero-order valence-corrected chi connectivity index (χ0v) is 16.4. The van der Waals surface area contributed by atoms with E-state index < -0.39 is 11.5 Å². The molecule has 3 aromatic rings. The molecule has 30 heavy (non-hydrogen) atoms. The zero-order chi connectivity index (χ0) is 20.8. The Kier molecular flexibility index (Phi) is 5.92. The summed E-state index contributed by atoms with van der Waals surface area (Å²) in [6.07, 6.45) is 1.41. The second-order valence-corrected chi connectivity index (χ2v) is 6.92. The van der Waals surface area contributed by atoms with Gasteiger partial charge in [-0.25, -0.2) is 5.43 Å². The van der Waals surface area contributed by atoms with Crippen LogP contribution in [0.2, 0.25) is 0 Å². The molecule has 1 aliphatic rings. The lowest BCUT2D eigenvalue weighted by atomic mass is 9.85. The van der Waals surface area contributed by atoms with Crippen molar-refractivity contribution >= 4 is 18.0 Å². The fourth-order valence-corrected chi connectivity index (χ4v) is 3.39. The molecule has 0 bridgehead atoms. The van der Waals surface area contributed by atoms with E-state index in [0.29, 0.717) is 30.1 Å². The molecule has 0 aliphatic carbocycles. The highest BCUT2D eigenvalue weighted by Gasteiger charge is 2.39. The van der Waals surface area contributed by atoms with Gasteiger partial charge < -0.3 is 19.2 Å². The lowest BCUT2D eigenvalue weighted by Gasteiger charge is -2.27. The van der Waals surface area contributed by atoms with Crippen molar-refractivity contribution in [1.29, 1.82) is 0 Å². The topological polar surface area (TPSA) is 87.3 Å². The molecule has 0 unspecified atom stereocenters. The Morgan fingerprint density at radius 3 is 2.17 bits per heavy atom. The van der Waals surface area contributed by atoms with Gasteiger partial charge in [0.2, 0.25) is 0 Å².